The molecule has 0 spiro atoms. The lowest BCUT2D eigenvalue weighted by atomic mass is 10.1. The lowest BCUT2D eigenvalue weighted by molar-refractivity contribution is 0.480. The van der Waals surface area contributed by atoms with Gasteiger partial charge in [-0.15, -0.1) is 0 Å². The Morgan fingerprint density at radius 1 is 1.00 bits per heavy atom. The monoisotopic (exact) mass is 305 g/mol. The lowest BCUT2D eigenvalue weighted by Gasteiger charge is -2.13. The minimum absolute atomic E-state index is 0.660. The van der Waals surface area contributed by atoms with E-state index >= 15 is 0 Å². The molecule has 0 atom stereocenters. The SMILES string of the molecule is Cc1cc(Oc2c(C)cccc2N)cc(C)c1Br. The zero-order valence-electron chi connectivity index (χ0n) is 10.8. The average Bonchev–Trinajstić information content (AvgIpc) is 2.31. The van der Waals surface area contributed by atoms with Gasteiger partial charge in [0.25, 0.3) is 0 Å². The molecule has 0 radical (unpaired) electrons. The predicted molar refractivity (Wildman–Crippen MR) is 79.3 cm³/mol. The third kappa shape index (κ3) is 2.51. The summed E-state index contributed by atoms with van der Waals surface area (Å²) in [4.78, 5) is 0. The van der Waals surface area contributed by atoms with Crippen LogP contribution >= 0.6 is 15.9 Å². The highest BCUT2D eigenvalue weighted by Gasteiger charge is 2.08. The second-order valence-electron chi connectivity index (χ2n) is 4.47. The van der Waals surface area contributed by atoms with E-state index in [4.69, 9.17) is 10.5 Å². The van der Waals surface area contributed by atoms with Crippen LogP contribution in [0.1, 0.15) is 16.7 Å². The maximum atomic E-state index is 5.94. The zero-order chi connectivity index (χ0) is 13.3. The first-order valence-electron chi connectivity index (χ1n) is 5.78. The predicted octanol–water partition coefficient (Wildman–Crippen LogP) is 4.75. The van der Waals surface area contributed by atoms with Gasteiger partial charge in [0.2, 0.25) is 0 Å². The van der Waals surface area contributed by atoms with E-state index in [1.54, 1.807) is 0 Å². The molecule has 2 rings (SSSR count). The number of anilines is 1. The third-order valence-electron chi connectivity index (χ3n) is 2.87. The van der Waals surface area contributed by atoms with Crippen molar-refractivity contribution in [2.24, 2.45) is 0 Å². The van der Waals surface area contributed by atoms with Gasteiger partial charge in [0.05, 0.1) is 5.69 Å². The van der Waals surface area contributed by atoms with Crippen molar-refractivity contribution in [3.63, 3.8) is 0 Å². The molecule has 2 aromatic carbocycles. The molecule has 0 aliphatic carbocycles. The van der Waals surface area contributed by atoms with Gasteiger partial charge in [0, 0.05) is 4.47 Å². The molecular formula is C15H16BrNO. The van der Waals surface area contributed by atoms with Gasteiger partial charge >= 0.3 is 0 Å². The Kier molecular flexibility index (Phi) is 3.62. The fourth-order valence-electron chi connectivity index (χ4n) is 1.90. The Labute approximate surface area is 116 Å². The molecule has 0 aliphatic heterocycles. The smallest absolute Gasteiger partial charge is 0.153 e. The Morgan fingerprint density at radius 3 is 2.17 bits per heavy atom. The summed E-state index contributed by atoms with van der Waals surface area (Å²) in [7, 11) is 0. The molecule has 0 unspecified atom stereocenters. The zero-order valence-corrected chi connectivity index (χ0v) is 12.3. The molecule has 0 saturated carbocycles. The summed E-state index contributed by atoms with van der Waals surface area (Å²) >= 11 is 3.55. The van der Waals surface area contributed by atoms with Crippen molar-refractivity contribution in [2.75, 3.05) is 5.73 Å². The quantitative estimate of drug-likeness (QED) is 0.813. The number of aryl methyl sites for hydroxylation is 3. The van der Waals surface area contributed by atoms with Crippen LogP contribution in [0.5, 0.6) is 11.5 Å². The molecule has 3 heteroatoms. The van der Waals surface area contributed by atoms with Crippen LogP contribution in [0.2, 0.25) is 0 Å². The molecule has 0 aromatic heterocycles. The van der Waals surface area contributed by atoms with Crippen LogP contribution in [0.15, 0.2) is 34.8 Å². The normalized spacial score (nSPS) is 10.4. The van der Waals surface area contributed by atoms with E-state index in [9.17, 15) is 0 Å². The van der Waals surface area contributed by atoms with E-state index in [1.165, 1.54) is 0 Å². The Hall–Kier alpha value is -1.48. The topological polar surface area (TPSA) is 35.2 Å². The van der Waals surface area contributed by atoms with Gasteiger partial charge in [-0.2, -0.15) is 0 Å². The van der Waals surface area contributed by atoms with Crippen LogP contribution in [0, 0.1) is 20.8 Å². The van der Waals surface area contributed by atoms with Crippen LogP contribution < -0.4 is 10.5 Å². The van der Waals surface area contributed by atoms with Gasteiger partial charge in [-0.05, 0) is 55.7 Å². The van der Waals surface area contributed by atoms with Crippen molar-refractivity contribution in [3.8, 4) is 11.5 Å². The average molecular weight is 306 g/mol. The molecule has 94 valence electrons. The van der Waals surface area contributed by atoms with Gasteiger partial charge < -0.3 is 10.5 Å². The molecule has 0 saturated heterocycles. The summed E-state index contributed by atoms with van der Waals surface area (Å²) in [6.45, 7) is 6.08. The second kappa shape index (κ2) is 5.02. The Balaban J connectivity index is 2.41. The second-order valence-corrected chi connectivity index (χ2v) is 5.26. The third-order valence-corrected chi connectivity index (χ3v) is 4.12. The van der Waals surface area contributed by atoms with Crippen molar-refractivity contribution >= 4 is 21.6 Å². The standard InChI is InChI=1S/C15H16BrNO/c1-9-5-4-6-13(17)15(9)18-12-7-10(2)14(16)11(3)8-12/h4-8H,17H2,1-3H3. The molecule has 2 N–H and O–H groups in total. The molecular weight excluding hydrogens is 290 g/mol. The summed E-state index contributed by atoms with van der Waals surface area (Å²) in [5.41, 5.74) is 9.94. The lowest BCUT2D eigenvalue weighted by Crippen LogP contribution is -1.95. The maximum Gasteiger partial charge on any atom is 0.153 e. The van der Waals surface area contributed by atoms with Crippen LogP contribution in [0.3, 0.4) is 0 Å². The van der Waals surface area contributed by atoms with Gasteiger partial charge in [-0.1, -0.05) is 28.1 Å². The van der Waals surface area contributed by atoms with Crippen molar-refractivity contribution in [1.82, 2.24) is 0 Å². The van der Waals surface area contributed by atoms with Crippen LogP contribution in [-0.2, 0) is 0 Å². The molecule has 0 aliphatic rings. The molecule has 2 nitrogen and oxygen atoms in total. The number of benzene rings is 2. The first-order chi connectivity index (χ1) is 8.49. The molecule has 0 bridgehead atoms. The summed E-state index contributed by atoms with van der Waals surface area (Å²) in [6, 6.07) is 9.77. The number of nitrogens with two attached hydrogens (primary N) is 1. The van der Waals surface area contributed by atoms with E-state index in [1.807, 2.05) is 51.1 Å². The fourth-order valence-corrected chi connectivity index (χ4v) is 2.13. The number of ether oxygens (including phenoxy) is 1. The van der Waals surface area contributed by atoms with Crippen molar-refractivity contribution in [2.45, 2.75) is 20.8 Å². The highest BCUT2D eigenvalue weighted by molar-refractivity contribution is 9.10. The van der Waals surface area contributed by atoms with E-state index in [2.05, 4.69) is 15.9 Å². The van der Waals surface area contributed by atoms with Crippen LogP contribution in [0.25, 0.3) is 0 Å². The first kappa shape index (κ1) is 13.0. The molecule has 0 fully saturated rings. The highest BCUT2D eigenvalue weighted by Crippen LogP contribution is 2.33. The van der Waals surface area contributed by atoms with Gasteiger partial charge in [-0.25, -0.2) is 0 Å². The van der Waals surface area contributed by atoms with Crippen LogP contribution in [0.4, 0.5) is 5.69 Å². The van der Waals surface area contributed by atoms with Crippen LogP contribution in [-0.4, -0.2) is 0 Å². The number of rotatable bonds is 2. The van der Waals surface area contributed by atoms with Gasteiger partial charge in [0.1, 0.15) is 5.75 Å². The van der Waals surface area contributed by atoms with Gasteiger partial charge in [0.15, 0.2) is 5.75 Å². The first-order valence-corrected chi connectivity index (χ1v) is 6.58. The van der Waals surface area contributed by atoms with E-state index < -0.39 is 0 Å². The Morgan fingerprint density at radius 2 is 1.61 bits per heavy atom. The number of nitrogen functional groups attached to an aromatic ring is 1. The molecule has 0 amide bonds. The summed E-state index contributed by atoms with van der Waals surface area (Å²) in [5.74, 6) is 1.55. The summed E-state index contributed by atoms with van der Waals surface area (Å²) in [6.07, 6.45) is 0. The van der Waals surface area contributed by atoms with Crippen molar-refractivity contribution < 1.29 is 4.74 Å². The number of para-hydroxylation sites is 1. The summed E-state index contributed by atoms with van der Waals surface area (Å²) in [5, 5.41) is 0. The van der Waals surface area contributed by atoms with Crippen molar-refractivity contribution in [1.29, 1.82) is 0 Å². The largest absolute Gasteiger partial charge is 0.455 e. The minimum atomic E-state index is 0.660. The van der Waals surface area contributed by atoms with E-state index in [-0.39, 0.29) is 0 Å². The number of hydrogen-bond acceptors (Lipinski definition) is 2. The number of halogens is 1. The minimum Gasteiger partial charge on any atom is -0.455 e. The fraction of sp³-hybridized carbons (Fsp3) is 0.200. The number of hydrogen-bond donors (Lipinski definition) is 1. The Bertz CT molecular complexity index is 550. The maximum absolute atomic E-state index is 5.94. The molecule has 2 aromatic rings. The summed E-state index contributed by atoms with van der Waals surface area (Å²) < 4.78 is 7.03. The molecule has 18 heavy (non-hydrogen) atoms. The van der Waals surface area contributed by atoms with Gasteiger partial charge in [-0.3, -0.25) is 0 Å². The van der Waals surface area contributed by atoms with E-state index in [0.717, 1.165) is 32.7 Å². The molecule has 0 heterocycles. The van der Waals surface area contributed by atoms with E-state index in [0.29, 0.717) is 5.69 Å². The highest BCUT2D eigenvalue weighted by atomic mass is 79.9. The van der Waals surface area contributed by atoms with Crippen molar-refractivity contribution in [3.05, 3.63) is 51.5 Å².